The molecular formula is C21H22F3N3O3. The molecule has 0 bridgehead atoms. The number of nitro groups is 1. The molecule has 0 atom stereocenters. The van der Waals surface area contributed by atoms with Gasteiger partial charge in [0.05, 0.1) is 16.9 Å². The highest BCUT2D eigenvalue weighted by molar-refractivity contribution is 5.80. The summed E-state index contributed by atoms with van der Waals surface area (Å²) in [5.41, 5.74) is 0.228. The van der Waals surface area contributed by atoms with Gasteiger partial charge in [-0.25, -0.2) is 0 Å². The summed E-state index contributed by atoms with van der Waals surface area (Å²) in [6.07, 6.45) is -3.09. The number of hydrogen-bond acceptors (Lipinski definition) is 4. The van der Waals surface area contributed by atoms with Crippen LogP contribution in [-0.4, -0.2) is 34.9 Å². The minimum atomic E-state index is -4.36. The van der Waals surface area contributed by atoms with Crippen LogP contribution in [-0.2, 0) is 23.9 Å². The largest absolute Gasteiger partial charge is 0.416 e. The average molecular weight is 421 g/mol. The van der Waals surface area contributed by atoms with Gasteiger partial charge in [0.15, 0.2) is 0 Å². The number of halogens is 3. The summed E-state index contributed by atoms with van der Waals surface area (Å²) in [5.74, 6) is -0.277. The number of rotatable bonds is 6. The van der Waals surface area contributed by atoms with E-state index in [4.69, 9.17) is 0 Å². The fourth-order valence-corrected chi connectivity index (χ4v) is 3.63. The predicted molar refractivity (Wildman–Crippen MR) is 105 cm³/mol. The molecule has 0 radical (unpaired) electrons. The number of amides is 1. The Morgan fingerprint density at radius 1 is 1.13 bits per heavy atom. The Hall–Kier alpha value is -2.94. The zero-order chi connectivity index (χ0) is 21.7. The summed E-state index contributed by atoms with van der Waals surface area (Å²) in [6, 6.07) is 11.4. The summed E-state index contributed by atoms with van der Waals surface area (Å²) in [7, 11) is 0. The SMILES string of the molecule is O=C(Cc1ccccc1[N+](=O)[O-])NC1CCN(Cc2cccc(C(F)(F)F)c2)CC1. The molecule has 0 saturated carbocycles. The van der Waals surface area contributed by atoms with E-state index in [2.05, 4.69) is 10.2 Å². The highest BCUT2D eigenvalue weighted by Crippen LogP contribution is 2.30. The monoisotopic (exact) mass is 421 g/mol. The van der Waals surface area contributed by atoms with E-state index in [9.17, 15) is 28.1 Å². The van der Waals surface area contributed by atoms with E-state index in [1.54, 1.807) is 24.3 Å². The number of piperidine rings is 1. The molecule has 1 aliphatic heterocycles. The van der Waals surface area contributed by atoms with Gasteiger partial charge in [-0.3, -0.25) is 19.8 Å². The van der Waals surface area contributed by atoms with Crippen LogP contribution in [0.4, 0.5) is 18.9 Å². The summed E-state index contributed by atoms with van der Waals surface area (Å²) in [5, 5.41) is 14.0. The fourth-order valence-electron chi connectivity index (χ4n) is 3.63. The lowest BCUT2D eigenvalue weighted by Gasteiger charge is -2.32. The molecule has 1 N–H and O–H groups in total. The van der Waals surface area contributed by atoms with Crippen molar-refractivity contribution in [2.45, 2.75) is 38.0 Å². The molecule has 1 fully saturated rings. The first-order valence-corrected chi connectivity index (χ1v) is 9.62. The van der Waals surface area contributed by atoms with E-state index < -0.39 is 16.7 Å². The van der Waals surface area contributed by atoms with Crippen molar-refractivity contribution in [3.8, 4) is 0 Å². The summed E-state index contributed by atoms with van der Waals surface area (Å²) < 4.78 is 38.6. The van der Waals surface area contributed by atoms with Crippen LogP contribution in [0.5, 0.6) is 0 Å². The summed E-state index contributed by atoms with van der Waals surface area (Å²) >= 11 is 0. The quantitative estimate of drug-likeness (QED) is 0.566. The molecule has 2 aromatic rings. The van der Waals surface area contributed by atoms with Crippen molar-refractivity contribution < 1.29 is 22.9 Å². The number of alkyl halides is 3. The molecule has 1 aliphatic rings. The number of carbonyl (C=O) groups excluding carboxylic acids is 1. The number of para-hydroxylation sites is 1. The number of likely N-dealkylation sites (tertiary alicyclic amines) is 1. The van der Waals surface area contributed by atoms with Crippen molar-refractivity contribution in [2.24, 2.45) is 0 Å². The van der Waals surface area contributed by atoms with Crippen molar-refractivity contribution in [3.63, 3.8) is 0 Å². The third-order valence-corrected chi connectivity index (χ3v) is 5.15. The van der Waals surface area contributed by atoms with Crippen LogP contribution in [0.15, 0.2) is 48.5 Å². The second kappa shape index (κ2) is 9.25. The molecule has 0 spiro atoms. The second-order valence-corrected chi connectivity index (χ2v) is 7.38. The van der Waals surface area contributed by atoms with E-state index in [0.717, 1.165) is 6.07 Å². The molecule has 30 heavy (non-hydrogen) atoms. The minimum Gasteiger partial charge on any atom is -0.353 e. The Bertz CT molecular complexity index is 910. The standard InChI is InChI=1S/C21H22F3N3O3/c22-21(23,24)17-6-3-4-15(12-17)14-26-10-8-18(9-11-26)25-20(28)13-16-5-1-2-7-19(16)27(29)30/h1-7,12,18H,8-11,13-14H2,(H,25,28). The molecule has 0 aromatic heterocycles. The van der Waals surface area contributed by atoms with Crippen LogP contribution < -0.4 is 5.32 Å². The zero-order valence-corrected chi connectivity index (χ0v) is 16.2. The minimum absolute atomic E-state index is 0.0574. The number of carbonyl (C=O) groups is 1. The lowest BCUT2D eigenvalue weighted by molar-refractivity contribution is -0.385. The molecule has 1 saturated heterocycles. The number of nitrogens with one attached hydrogen (secondary N) is 1. The molecule has 160 valence electrons. The molecule has 3 rings (SSSR count). The third kappa shape index (κ3) is 5.79. The van der Waals surface area contributed by atoms with E-state index in [1.807, 2.05) is 0 Å². The Morgan fingerprint density at radius 3 is 2.50 bits per heavy atom. The third-order valence-electron chi connectivity index (χ3n) is 5.15. The predicted octanol–water partition coefficient (Wildman–Crippen LogP) is 3.94. The maximum absolute atomic E-state index is 12.9. The molecule has 1 heterocycles. The number of nitrogens with zero attached hydrogens (tertiary/aromatic N) is 2. The van der Waals surface area contributed by atoms with Gasteiger partial charge in [-0.15, -0.1) is 0 Å². The van der Waals surface area contributed by atoms with Crippen LogP contribution in [0.3, 0.4) is 0 Å². The Balaban J connectivity index is 1.49. The molecule has 0 unspecified atom stereocenters. The van der Waals surface area contributed by atoms with Gasteiger partial charge in [0, 0.05) is 37.3 Å². The van der Waals surface area contributed by atoms with Gasteiger partial charge in [0.25, 0.3) is 5.69 Å². The molecule has 9 heteroatoms. The van der Waals surface area contributed by atoms with E-state index >= 15 is 0 Å². The second-order valence-electron chi connectivity index (χ2n) is 7.38. The summed E-state index contributed by atoms with van der Waals surface area (Å²) in [4.78, 5) is 24.9. The summed E-state index contributed by atoms with van der Waals surface area (Å²) in [6.45, 7) is 1.71. The van der Waals surface area contributed by atoms with Crippen LogP contribution >= 0.6 is 0 Å². The Morgan fingerprint density at radius 2 is 1.83 bits per heavy atom. The Kier molecular flexibility index (Phi) is 6.71. The molecule has 6 nitrogen and oxygen atoms in total. The first-order valence-electron chi connectivity index (χ1n) is 9.62. The van der Waals surface area contributed by atoms with E-state index in [-0.39, 0.29) is 24.1 Å². The average Bonchev–Trinajstić information content (AvgIpc) is 2.69. The first kappa shape index (κ1) is 21.8. The topological polar surface area (TPSA) is 75.5 Å². The zero-order valence-electron chi connectivity index (χ0n) is 16.2. The van der Waals surface area contributed by atoms with Gasteiger partial charge >= 0.3 is 6.18 Å². The molecular weight excluding hydrogens is 399 g/mol. The van der Waals surface area contributed by atoms with Gasteiger partial charge < -0.3 is 5.32 Å². The normalized spacial score (nSPS) is 15.7. The molecule has 2 aromatic carbocycles. The van der Waals surface area contributed by atoms with Crippen molar-refractivity contribution in [1.82, 2.24) is 10.2 Å². The van der Waals surface area contributed by atoms with Crippen molar-refractivity contribution in [2.75, 3.05) is 13.1 Å². The Labute approximate surface area is 171 Å². The van der Waals surface area contributed by atoms with Crippen LogP contribution in [0, 0.1) is 10.1 Å². The van der Waals surface area contributed by atoms with Gasteiger partial charge in [0.1, 0.15) is 0 Å². The first-order chi connectivity index (χ1) is 14.2. The van der Waals surface area contributed by atoms with Crippen molar-refractivity contribution in [1.29, 1.82) is 0 Å². The van der Waals surface area contributed by atoms with Gasteiger partial charge in [-0.1, -0.05) is 36.4 Å². The lowest BCUT2D eigenvalue weighted by atomic mass is 10.0. The highest BCUT2D eigenvalue weighted by atomic mass is 19.4. The van der Waals surface area contributed by atoms with Crippen LogP contribution in [0.2, 0.25) is 0 Å². The molecule has 1 amide bonds. The van der Waals surface area contributed by atoms with E-state index in [0.29, 0.717) is 43.6 Å². The maximum Gasteiger partial charge on any atom is 0.416 e. The molecule has 0 aliphatic carbocycles. The number of hydrogen-bond donors (Lipinski definition) is 1. The van der Waals surface area contributed by atoms with Gasteiger partial charge in [-0.05, 0) is 24.5 Å². The van der Waals surface area contributed by atoms with Crippen LogP contribution in [0.25, 0.3) is 0 Å². The smallest absolute Gasteiger partial charge is 0.353 e. The highest BCUT2D eigenvalue weighted by Gasteiger charge is 2.30. The van der Waals surface area contributed by atoms with Crippen molar-refractivity contribution in [3.05, 3.63) is 75.3 Å². The maximum atomic E-state index is 12.9. The van der Waals surface area contributed by atoms with Crippen LogP contribution in [0.1, 0.15) is 29.5 Å². The van der Waals surface area contributed by atoms with Crippen molar-refractivity contribution >= 4 is 11.6 Å². The van der Waals surface area contributed by atoms with Gasteiger partial charge in [0.2, 0.25) is 5.91 Å². The fraction of sp³-hybridized carbons (Fsp3) is 0.381. The number of benzene rings is 2. The van der Waals surface area contributed by atoms with Gasteiger partial charge in [-0.2, -0.15) is 13.2 Å². The number of nitro benzene ring substituents is 1. The van der Waals surface area contributed by atoms with E-state index in [1.165, 1.54) is 18.2 Å². The lowest BCUT2D eigenvalue weighted by Crippen LogP contribution is -2.44.